The van der Waals surface area contributed by atoms with E-state index >= 15 is 0 Å². The van der Waals surface area contributed by atoms with Gasteiger partial charge in [-0.3, -0.25) is 4.79 Å². The third-order valence-corrected chi connectivity index (χ3v) is 4.71. The minimum atomic E-state index is -0.931. The van der Waals surface area contributed by atoms with Gasteiger partial charge in [0.1, 0.15) is 6.04 Å². The molecule has 0 aliphatic carbocycles. The van der Waals surface area contributed by atoms with E-state index in [9.17, 15) is 4.79 Å². The second kappa shape index (κ2) is 14.3. The largest absolute Gasteiger partial charge is 0.480 e. The third kappa shape index (κ3) is 16.2. The van der Waals surface area contributed by atoms with Crippen LogP contribution in [0.4, 0.5) is 0 Å². The molecule has 0 aromatic carbocycles. The maximum atomic E-state index is 10.0. The van der Waals surface area contributed by atoms with Gasteiger partial charge in [-0.25, -0.2) is 0 Å². The van der Waals surface area contributed by atoms with Crippen LogP contribution in [0.5, 0.6) is 0 Å². The first-order valence-electron chi connectivity index (χ1n) is 6.95. The first-order valence-corrected chi connectivity index (χ1v) is 8.95. The van der Waals surface area contributed by atoms with Crippen molar-refractivity contribution in [3.05, 3.63) is 0 Å². The van der Waals surface area contributed by atoms with E-state index in [1.807, 2.05) is 0 Å². The topological polar surface area (TPSA) is 63.3 Å². The van der Waals surface area contributed by atoms with Crippen LogP contribution in [0.2, 0.25) is 9.10 Å². The number of carboxylic acids is 1. The molecule has 0 aromatic rings. The maximum Gasteiger partial charge on any atom is 0.364 e. The van der Waals surface area contributed by atoms with E-state index in [4.69, 9.17) is 10.8 Å². The van der Waals surface area contributed by atoms with Crippen LogP contribution in [0, 0.1) is 5.92 Å². The quantitative estimate of drug-likeness (QED) is 0.517. The fourth-order valence-corrected chi connectivity index (χ4v) is 3.38. The molecule has 4 heteroatoms. The summed E-state index contributed by atoms with van der Waals surface area (Å²) in [4.78, 5) is 10.0. The van der Waals surface area contributed by atoms with Gasteiger partial charge >= 0.3 is 26.3 Å². The third-order valence-electron chi connectivity index (χ3n) is 2.71. The molecule has 0 heterocycles. The highest BCUT2D eigenvalue weighted by Gasteiger charge is 2.14. The molecule has 1 atom stereocenters. The van der Waals surface area contributed by atoms with Crippen LogP contribution >= 0.6 is 0 Å². The lowest BCUT2D eigenvalue weighted by molar-refractivity contribution is -0.139. The van der Waals surface area contributed by atoms with E-state index < -0.39 is 12.0 Å². The number of carboxylic acid groups (broad SMARTS) is 1. The SMILES string of the molecule is CC(C)[C@H](N)C(=O)O.CCC[CH2][Mg][CH2]CCC. The van der Waals surface area contributed by atoms with E-state index in [1.165, 1.54) is 25.7 Å². The summed E-state index contributed by atoms with van der Waals surface area (Å²) in [6.45, 7) is 8.13. The van der Waals surface area contributed by atoms with Gasteiger partial charge in [0.05, 0.1) is 0 Å². The van der Waals surface area contributed by atoms with Crippen molar-refractivity contribution in [1.29, 1.82) is 0 Å². The Morgan fingerprint density at radius 1 is 1.18 bits per heavy atom. The molecule has 0 rings (SSSR count). The zero-order valence-electron chi connectivity index (χ0n) is 12.0. The predicted octanol–water partition coefficient (Wildman–Crippen LogP) is 3.18. The van der Waals surface area contributed by atoms with Crippen molar-refractivity contribution in [3.63, 3.8) is 0 Å². The summed E-state index contributed by atoms with van der Waals surface area (Å²) in [6.07, 6.45) is 5.80. The van der Waals surface area contributed by atoms with Crippen LogP contribution in [0.15, 0.2) is 0 Å². The molecule has 0 aromatic heterocycles. The minimum absolute atomic E-state index is 0.0208. The summed E-state index contributed by atoms with van der Waals surface area (Å²) in [5.41, 5.74) is 5.16. The van der Waals surface area contributed by atoms with E-state index in [0.29, 0.717) is 20.4 Å². The number of unbranched alkanes of at least 4 members (excludes halogenated alkanes) is 2. The molecule has 0 aliphatic rings. The minimum Gasteiger partial charge on any atom is -0.480 e. The number of hydrogen-bond donors (Lipinski definition) is 2. The van der Waals surface area contributed by atoms with Crippen LogP contribution < -0.4 is 5.73 Å². The monoisotopic (exact) mass is 255 g/mol. The molecule has 0 spiro atoms. The molecule has 100 valence electrons. The van der Waals surface area contributed by atoms with Gasteiger partial charge < -0.3 is 10.8 Å². The summed E-state index contributed by atoms with van der Waals surface area (Å²) in [7, 11) is 0. The lowest BCUT2D eigenvalue weighted by Gasteiger charge is -2.07. The van der Waals surface area contributed by atoms with E-state index in [1.54, 1.807) is 22.9 Å². The Morgan fingerprint density at radius 3 is 1.76 bits per heavy atom. The molecule has 0 unspecified atom stereocenters. The number of nitrogens with two attached hydrogens (primary N) is 1. The lowest BCUT2D eigenvalue weighted by Crippen LogP contribution is -2.34. The fourth-order valence-electron chi connectivity index (χ4n) is 1.32. The van der Waals surface area contributed by atoms with Crippen LogP contribution in [0.25, 0.3) is 0 Å². The van der Waals surface area contributed by atoms with Gasteiger partial charge in [0.15, 0.2) is 0 Å². The summed E-state index contributed by atoms with van der Waals surface area (Å²) in [5, 5.41) is 8.23. The lowest BCUT2D eigenvalue weighted by atomic mass is 10.1. The Hall–Kier alpha value is 0.196. The molecule has 0 fully saturated rings. The van der Waals surface area contributed by atoms with Crippen molar-refractivity contribution in [3.8, 4) is 0 Å². The van der Waals surface area contributed by atoms with Crippen molar-refractivity contribution in [2.24, 2.45) is 11.7 Å². The van der Waals surface area contributed by atoms with Gasteiger partial charge in [-0.05, 0) is 5.92 Å². The van der Waals surface area contributed by atoms with Gasteiger partial charge in [-0.1, -0.05) is 53.4 Å². The van der Waals surface area contributed by atoms with Crippen molar-refractivity contribution in [2.75, 3.05) is 0 Å². The fraction of sp³-hybridized carbons (Fsp3) is 0.923. The molecule has 17 heavy (non-hydrogen) atoms. The second-order valence-electron chi connectivity index (χ2n) is 4.88. The first kappa shape index (κ1) is 19.5. The summed E-state index contributed by atoms with van der Waals surface area (Å²) < 4.78 is 3.19. The zero-order chi connectivity index (χ0) is 13.7. The number of hydrogen-bond acceptors (Lipinski definition) is 2. The number of aliphatic carboxylic acids is 1. The van der Waals surface area contributed by atoms with Gasteiger partial charge in [-0.2, -0.15) is 0 Å². The molecule has 0 radical (unpaired) electrons. The Labute approximate surface area is 116 Å². The highest BCUT2D eigenvalue weighted by molar-refractivity contribution is 6.35. The number of rotatable bonds is 8. The summed E-state index contributed by atoms with van der Waals surface area (Å²) in [5.74, 6) is -0.910. The zero-order valence-corrected chi connectivity index (χ0v) is 13.5. The number of carbonyl (C=O) groups is 1. The molecule has 0 saturated carbocycles. The molecular formula is C13H29MgNO2. The van der Waals surface area contributed by atoms with E-state index in [-0.39, 0.29) is 5.92 Å². The molecular weight excluding hydrogens is 226 g/mol. The molecule has 0 amide bonds. The van der Waals surface area contributed by atoms with Gasteiger partial charge in [-0.15, -0.1) is 9.10 Å². The van der Waals surface area contributed by atoms with Crippen LogP contribution in [-0.2, 0) is 4.79 Å². The Kier molecular flexibility index (Phi) is 16.4. The molecule has 0 saturated heterocycles. The first-order chi connectivity index (χ1) is 7.97. The Balaban J connectivity index is 0. The molecule has 0 aliphatic heterocycles. The normalized spacial score (nSPS) is 11.4. The highest BCUT2D eigenvalue weighted by Crippen LogP contribution is 2.00. The van der Waals surface area contributed by atoms with Crippen molar-refractivity contribution >= 4 is 26.3 Å². The van der Waals surface area contributed by atoms with Gasteiger partial charge in [0, 0.05) is 0 Å². The van der Waals surface area contributed by atoms with Crippen molar-refractivity contribution < 1.29 is 9.90 Å². The van der Waals surface area contributed by atoms with Gasteiger partial charge in [0.25, 0.3) is 0 Å². The van der Waals surface area contributed by atoms with Crippen LogP contribution in [-0.4, -0.2) is 37.5 Å². The average molecular weight is 256 g/mol. The molecule has 3 N–H and O–H groups in total. The van der Waals surface area contributed by atoms with Crippen molar-refractivity contribution in [1.82, 2.24) is 0 Å². The average Bonchev–Trinajstić information content (AvgIpc) is 2.28. The van der Waals surface area contributed by atoms with Crippen molar-refractivity contribution in [2.45, 2.75) is 68.5 Å². The van der Waals surface area contributed by atoms with Gasteiger partial charge in [0.2, 0.25) is 0 Å². The molecule has 3 nitrogen and oxygen atoms in total. The summed E-state index contributed by atoms with van der Waals surface area (Å²) >= 11 is 0.389. The Bertz CT molecular complexity index is 169. The van der Waals surface area contributed by atoms with E-state index in [2.05, 4.69) is 13.8 Å². The van der Waals surface area contributed by atoms with Crippen LogP contribution in [0.1, 0.15) is 53.4 Å². The Morgan fingerprint density at radius 2 is 1.59 bits per heavy atom. The second-order valence-corrected chi connectivity index (χ2v) is 7.00. The smallest absolute Gasteiger partial charge is 0.364 e. The standard InChI is InChI=1S/C5H11NO2.2C4H9.Mg/c1-3(2)4(6)5(7)8;2*1-3-4-2;/h3-4H,6H2,1-2H3,(H,7,8);2*1,3-4H2,2H3;/t4-;;;/m0.../s1. The van der Waals surface area contributed by atoms with E-state index in [0.717, 1.165) is 0 Å². The van der Waals surface area contributed by atoms with Crippen LogP contribution in [0.3, 0.4) is 0 Å². The maximum absolute atomic E-state index is 10.0. The summed E-state index contributed by atoms with van der Waals surface area (Å²) in [6, 6.07) is -0.713. The predicted molar refractivity (Wildman–Crippen MR) is 75.6 cm³/mol. The molecule has 0 bridgehead atoms. The highest BCUT2D eigenvalue weighted by atomic mass is 24.5.